The minimum absolute atomic E-state index is 0.0501. The lowest BCUT2D eigenvalue weighted by molar-refractivity contribution is -0.164. The van der Waals surface area contributed by atoms with Crippen molar-refractivity contribution in [3.8, 4) is 0 Å². The number of hydrogen-bond acceptors (Lipinski definition) is 4. The number of carbonyl (C=O) groups excluding carboxylic acids is 3. The van der Waals surface area contributed by atoms with E-state index in [2.05, 4.69) is 4.74 Å². The summed E-state index contributed by atoms with van der Waals surface area (Å²) in [7, 11) is 1.23. The Hall–Kier alpha value is -1.19. The number of ether oxygens (including phenoxy) is 1. The van der Waals surface area contributed by atoms with E-state index in [4.69, 9.17) is 0 Å². The second kappa shape index (κ2) is 3.43. The van der Waals surface area contributed by atoms with Crippen LogP contribution in [0.3, 0.4) is 0 Å². The van der Waals surface area contributed by atoms with Crippen molar-refractivity contribution in [3.05, 3.63) is 0 Å². The van der Waals surface area contributed by atoms with Crippen LogP contribution in [-0.2, 0) is 19.1 Å². The van der Waals surface area contributed by atoms with Gasteiger partial charge in [0.05, 0.1) is 7.11 Å². The van der Waals surface area contributed by atoms with Crippen LogP contribution >= 0.6 is 0 Å². The van der Waals surface area contributed by atoms with E-state index in [0.717, 1.165) is 0 Å². The lowest BCUT2D eigenvalue weighted by Gasteiger charge is -2.36. The first kappa shape index (κ1) is 11.9. The van der Waals surface area contributed by atoms with Gasteiger partial charge in [-0.05, 0) is 6.92 Å². The first-order chi connectivity index (χ1) is 6.74. The molecule has 1 aliphatic rings. The van der Waals surface area contributed by atoms with Gasteiger partial charge in [0.25, 0.3) is 0 Å². The number of esters is 1. The van der Waals surface area contributed by atoms with Crippen molar-refractivity contribution < 1.29 is 19.1 Å². The van der Waals surface area contributed by atoms with E-state index in [9.17, 15) is 14.4 Å². The third-order valence-electron chi connectivity index (χ3n) is 3.12. The van der Waals surface area contributed by atoms with E-state index in [1.165, 1.54) is 14.0 Å². The van der Waals surface area contributed by atoms with Gasteiger partial charge >= 0.3 is 5.97 Å². The summed E-state index contributed by atoms with van der Waals surface area (Å²) in [6.07, 6.45) is 0.0585. The first-order valence-corrected chi connectivity index (χ1v) is 4.89. The fourth-order valence-corrected chi connectivity index (χ4v) is 1.77. The molecule has 0 heterocycles. The molecule has 0 aliphatic heterocycles. The molecule has 0 aromatic carbocycles. The molecular weight excluding hydrogens is 196 g/mol. The average molecular weight is 212 g/mol. The van der Waals surface area contributed by atoms with Gasteiger partial charge in [0, 0.05) is 18.3 Å². The normalized spacial score (nSPS) is 30.1. The third-order valence-corrected chi connectivity index (χ3v) is 3.12. The minimum atomic E-state index is -1.28. The molecule has 0 saturated heterocycles. The van der Waals surface area contributed by atoms with Gasteiger partial charge in [0.15, 0.2) is 5.78 Å². The zero-order valence-electron chi connectivity index (χ0n) is 9.55. The summed E-state index contributed by atoms with van der Waals surface area (Å²) >= 11 is 0. The summed E-state index contributed by atoms with van der Waals surface area (Å²) in [6.45, 7) is 4.93. The van der Waals surface area contributed by atoms with E-state index >= 15 is 0 Å². The van der Waals surface area contributed by atoms with E-state index in [-0.39, 0.29) is 24.4 Å². The highest BCUT2D eigenvalue weighted by Gasteiger charge is 2.52. The summed E-state index contributed by atoms with van der Waals surface area (Å²) in [4.78, 5) is 35.0. The summed E-state index contributed by atoms with van der Waals surface area (Å²) < 4.78 is 4.57. The predicted molar refractivity (Wildman–Crippen MR) is 53.2 cm³/mol. The highest BCUT2D eigenvalue weighted by molar-refractivity contribution is 6.11. The Bertz CT molecular complexity index is 329. The molecule has 15 heavy (non-hydrogen) atoms. The van der Waals surface area contributed by atoms with Crippen molar-refractivity contribution in [1.82, 2.24) is 0 Å². The predicted octanol–water partition coefficient (Wildman–Crippen LogP) is 1.12. The number of ketones is 2. The third kappa shape index (κ3) is 1.80. The fraction of sp³-hybridized carbons (Fsp3) is 0.727. The van der Waals surface area contributed by atoms with Crippen molar-refractivity contribution in [3.63, 3.8) is 0 Å². The minimum Gasteiger partial charge on any atom is -0.468 e. The number of methoxy groups -OCH3 is 1. The number of rotatable bonds is 1. The highest BCUT2D eigenvalue weighted by Crippen LogP contribution is 2.40. The van der Waals surface area contributed by atoms with Crippen molar-refractivity contribution in [1.29, 1.82) is 0 Å². The van der Waals surface area contributed by atoms with E-state index in [0.29, 0.717) is 0 Å². The van der Waals surface area contributed by atoms with Gasteiger partial charge in [-0.15, -0.1) is 0 Å². The van der Waals surface area contributed by atoms with Crippen LogP contribution in [0.15, 0.2) is 0 Å². The summed E-state index contributed by atoms with van der Waals surface area (Å²) in [5, 5.41) is 0. The van der Waals surface area contributed by atoms with Crippen LogP contribution in [0.5, 0.6) is 0 Å². The zero-order valence-corrected chi connectivity index (χ0v) is 9.55. The summed E-state index contributed by atoms with van der Waals surface area (Å²) in [5.74, 6) is -0.884. The Labute approximate surface area is 89.0 Å². The lowest BCUT2D eigenvalue weighted by Crippen LogP contribution is -2.49. The Balaban J connectivity index is 3.02. The van der Waals surface area contributed by atoms with Crippen LogP contribution in [-0.4, -0.2) is 24.6 Å². The monoisotopic (exact) mass is 212 g/mol. The molecule has 4 heteroatoms. The van der Waals surface area contributed by atoms with Crippen molar-refractivity contribution >= 4 is 17.5 Å². The van der Waals surface area contributed by atoms with E-state index in [1.54, 1.807) is 13.8 Å². The fourth-order valence-electron chi connectivity index (χ4n) is 1.77. The van der Waals surface area contributed by atoms with Crippen LogP contribution in [0, 0.1) is 10.8 Å². The Morgan fingerprint density at radius 3 is 2.13 bits per heavy atom. The molecule has 4 nitrogen and oxygen atoms in total. The molecule has 1 aliphatic carbocycles. The largest absolute Gasteiger partial charge is 0.468 e. The van der Waals surface area contributed by atoms with Crippen LogP contribution in [0.4, 0.5) is 0 Å². The Kier molecular flexibility index (Phi) is 2.72. The summed E-state index contributed by atoms with van der Waals surface area (Å²) in [6, 6.07) is 0. The smallest absolute Gasteiger partial charge is 0.319 e. The molecule has 0 amide bonds. The number of hydrogen-bond donors (Lipinski definition) is 0. The molecule has 1 fully saturated rings. The van der Waals surface area contributed by atoms with E-state index < -0.39 is 16.8 Å². The molecule has 0 N–H and O–H groups in total. The van der Waals surface area contributed by atoms with Gasteiger partial charge in [-0.2, -0.15) is 0 Å². The van der Waals surface area contributed by atoms with Crippen LogP contribution in [0.1, 0.15) is 33.6 Å². The molecule has 0 aromatic heterocycles. The van der Waals surface area contributed by atoms with Gasteiger partial charge in [-0.3, -0.25) is 14.4 Å². The molecule has 1 unspecified atom stereocenters. The molecule has 0 spiro atoms. The molecule has 0 radical (unpaired) electrons. The van der Waals surface area contributed by atoms with Gasteiger partial charge in [-0.1, -0.05) is 13.8 Å². The topological polar surface area (TPSA) is 60.4 Å². The van der Waals surface area contributed by atoms with Crippen LogP contribution in [0.2, 0.25) is 0 Å². The zero-order chi connectivity index (χ0) is 11.9. The van der Waals surface area contributed by atoms with Crippen molar-refractivity contribution in [2.45, 2.75) is 33.6 Å². The quantitative estimate of drug-likeness (QED) is 0.483. The van der Waals surface area contributed by atoms with Crippen LogP contribution < -0.4 is 0 Å². The Morgan fingerprint density at radius 1 is 1.13 bits per heavy atom. The molecule has 0 aromatic rings. The van der Waals surface area contributed by atoms with Gasteiger partial charge in [0.2, 0.25) is 0 Å². The molecule has 84 valence electrons. The number of Topliss-reactive ketones (excluding diaryl/α,β-unsaturated/α-hetero) is 2. The molecule has 1 atom stereocenters. The highest BCUT2D eigenvalue weighted by atomic mass is 16.5. The molecular formula is C11H16O4. The standard InChI is InChI=1S/C11H16O4/c1-10(2)5-8(13)11(3,6-7(10)12)9(14)15-4/h5-6H2,1-4H3. The van der Waals surface area contributed by atoms with Crippen molar-refractivity contribution in [2.24, 2.45) is 10.8 Å². The maximum absolute atomic E-state index is 11.8. The first-order valence-electron chi connectivity index (χ1n) is 4.89. The second-order valence-electron chi connectivity index (χ2n) is 4.91. The maximum Gasteiger partial charge on any atom is 0.319 e. The number of carbonyl (C=O) groups is 3. The Morgan fingerprint density at radius 2 is 1.67 bits per heavy atom. The van der Waals surface area contributed by atoms with E-state index in [1.807, 2.05) is 0 Å². The SMILES string of the molecule is COC(=O)C1(C)CC(=O)C(C)(C)CC1=O. The second-order valence-corrected chi connectivity index (χ2v) is 4.91. The van der Waals surface area contributed by atoms with Gasteiger partial charge in [-0.25, -0.2) is 0 Å². The molecule has 0 bridgehead atoms. The average Bonchev–Trinajstić information content (AvgIpc) is 2.13. The van der Waals surface area contributed by atoms with Crippen molar-refractivity contribution in [2.75, 3.05) is 7.11 Å². The molecule has 1 saturated carbocycles. The van der Waals surface area contributed by atoms with Gasteiger partial charge < -0.3 is 4.74 Å². The summed E-state index contributed by atoms with van der Waals surface area (Å²) in [5.41, 5.74) is -1.92. The molecule has 1 rings (SSSR count). The maximum atomic E-state index is 11.8. The lowest BCUT2D eigenvalue weighted by atomic mass is 9.64. The van der Waals surface area contributed by atoms with Gasteiger partial charge in [0.1, 0.15) is 11.2 Å². The van der Waals surface area contributed by atoms with Crippen LogP contribution in [0.25, 0.3) is 0 Å².